The highest BCUT2D eigenvalue weighted by atomic mass is 16.5. The van der Waals surface area contributed by atoms with Crippen LogP contribution in [-0.4, -0.2) is 41.6 Å². The Labute approximate surface area is 180 Å². The number of rotatable bonds is 6. The highest BCUT2D eigenvalue weighted by Gasteiger charge is 2.23. The molecule has 1 unspecified atom stereocenters. The van der Waals surface area contributed by atoms with E-state index in [2.05, 4.69) is 20.2 Å². The molecule has 8 heteroatoms. The lowest BCUT2D eigenvalue weighted by molar-refractivity contribution is -0.123. The second-order valence-electron chi connectivity index (χ2n) is 7.77. The number of fused-ring (bicyclic) bond motifs is 1. The van der Waals surface area contributed by atoms with Gasteiger partial charge >= 0.3 is 5.63 Å². The second-order valence-corrected chi connectivity index (χ2v) is 7.77. The van der Waals surface area contributed by atoms with Gasteiger partial charge in [0.1, 0.15) is 11.3 Å². The molecule has 0 aliphatic carbocycles. The minimum atomic E-state index is -0.386. The number of piperidine rings is 1. The number of hydrogen-bond donors (Lipinski definition) is 1. The van der Waals surface area contributed by atoms with Crippen molar-refractivity contribution in [1.82, 2.24) is 15.3 Å². The van der Waals surface area contributed by atoms with E-state index in [1.165, 1.54) is 6.07 Å². The lowest BCUT2D eigenvalue weighted by Crippen LogP contribution is -2.49. The van der Waals surface area contributed by atoms with E-state index in [0.29, 0.717) is 30.2 Å². The normalized spacial score (nSPS) is 16.3. The number of aromatic nitrogens is 2. The van der Waals surface area contributed by atoms with Gasteiger partial charge in [0.05, 0.1) is 5.39 Å². The number of benzene rings is 1. The van der Waals surface area contributed by atoms with E-state index in [0.717, 1.165) is 35.9 Å². The molecule has 1 atom stereocenters. The molecule has 0 bridgehead atoms. The third kappa shape index (κ3) is 4.84. The van der Waals surface area contributed by atoms with Gasteiger partial charge in [0.15, 0.2) is 6.61 Å². The zero-order valence-corrected chi connectivity index (χ0v) is 17.8. The van der Waals surface area contributed by atoms with Gasteiger partial charge in [-0.1, -0.05) is 6.92 Å². The summed E-state index contributed by atoms with van der Waals surface area (Å²) < 4.78 is 11.2. The Morgan fingerprint density at radius 3 is 2.87 bits per heavy atom. The molecule has 1 N–H and O–H groups in total. The standard InChI is InChI=1S/C23H26N4O4/c1-3-16-12-21(29)31-19-11-15(2)10-18(22(16)19)30-14-20(28)26-17-6-4-9-27(13-17)23-24-7-5-8-25-23/h5,7-8,10-12,17H,3-4,6,9,13-14H2,1-2H3,(H,26,28). The Bertz CT molecular complexity index is 1130. The summed E-state index contributed by atoms with van der Waals surface area (Å²) in [6.45, 7) is 5.28. The summed E-state index contributed by atoms with van der Waals surface area (Å²) in [5.41, 5.74) is 1.82. The van der Waals surface area contributed by atoms with Crippen molar-refractivity contribution in [3.63, 3.8) is 0 Å². The first kappa shape index (κ1) is 20.8. The maximum Gasteiger partial charge on any atom is 0.336 e. The third-order valence-corrected chi connectivity index (χ3v) is 5.40. The van der Waals surface area contributed by atoms with Gasteiger partial charge in [-0.2, -0.15) is 0 Å². The van der Waals surface area contributed by atoms with Crippen LogP contribution in [0.4, 0.5) is 5.95 Å². The van der Waals surface area contributed by atoms with Crippen LogP contribution in [-0.2, 0) is 11.2 Å². The molecule has 4 rings (SSSR count). The molecule has 162 valence electrons. The van der Waals surface area contributed by atoms with Crippen molar-refractivity contribution in [1.29, 1.82) is 0 Å². The number of amides is 1. The van der Waals surface area contributed by atoms with Crippen LogP contribution in [0.2, 0.25) is 0 Å². The molecule has 1 aliphatic heterocycles. The molecular weight excluding hydrogens is 396 g/mol. The monoisotopic (exact) mass is 422 g/mol. The van der Waals surface area contributed by atoms with Crippen molar-refractivity contribution >= 4 is 22.8 Å². The van der Waals surface area contributed by atoms with Gasteiger partial charge in [-0.3, -0.25) is 4.79 Å². The van der Waals surface area contributed by atoms with Crippen LogP contribution in [0.25, 0.3) is 11.0 Å². The van der Waals surface area contributed by atoms with Crippen LogP contribution in [0.1, 0.15) is 30.9 Å². The van der Waals surface area contributed by atoms with Crippen molar-refractivity contribution in [2.45, 2.75) is 39.2 Å². The first-order valence-corrected chi connectivity index (χ1v) is 10.5. The van der Waals surface area contributed by atoms with Crippen molar-refractivity contribution in [2.75, 3.05) is 24.6 Å². The van der Waals surface area contributed by atoms with E-state index < -0.39 is 0 Å². The predicted octanol–water partition coefficient (Wildman–Crippen LogP) is 2.62. The summed E-state index contributed by atoms with van der Waals surface area (Å²) >= 11 is 0. The Hall–Kier alpha value is -3.42. The minimum absolute atomic E-state index is 0.00661. The molecule has 1 aromatic carbocycles. The Balaban J connectivity index is 1.43. The van der Waals surface area contributed by atoms with E-state index in [1.807, 2.05) is 26.0 Å². The average molecular weight is 422 g/mol. The van der Waals surface area contributed by atoms with Crippen molar-refractivity contribution in [3.05, 3.63) is 58.2 Å². The minimum Gasteiger partial charge on any atom is -0.483 e. The molecule has 1 saturated heterocycles. The quantitative estimate of drug-likeness (QED) is 0.610. The number of nitrogens with one attached hydrogen (secondary N) is 1. The van der Waals surface area contributed by atoms with Crippen molar-refractivity contribution in [2.24, 2.45) is 0 Å². The number of aryl methyl sites for hydroxylation is 2. The van der Waals surface area contributed by atoms with Crippen LogP contribution in [0.5, 0.6) is 5.75 Å². The number of ether oxygens (including phenoxy) is 1. The van der Waals surface area contributed by atoms with Crippen LogP contribution in [0.15, 0.2) is 45.9 Å². The Kier molecular flexibility index (Phi) is 6.16. The molecule has 8 nitrogen and oxygen atoms in total. The molecule has 0 saturated carbocycles. The zero-order valence-electron chi connectivity index (χ0n) is 17.8. The number of hydrogen-bond acceptors (Lipinski definition) is 7. The summed E-state index contributed by atoms with van der Waals surface area (Å²) in [5.74, 6) is 1.04. The Morgan fingerprint density at radius 1 is 1.29 bits per heavy atom. The number of anilines is 1. The molecule has 1 fully saturated rings. The summed E-state index contributed by atoms with van der Waals surface area (Å²) in [7, 11) is 0. The topological polar surface area (TPSA) is 97.6 Å². The summed E-state index contributed by atoms with van der Waals surface area (Å²) in [4.78, 5) is 35.1. The summed E-state index contributed by atoms with van der Waals surface area (Å²) in [6.07, 6.45) is 5.95. The van der Waals surface area contributed by atoms with Crippen LogP contribution in [0.3, 0.4) is 0 Å². The van der Waals surface area contributed by atoms with Gasteiger partial charge in [0.25, 0.3) is 5.91 Å². The lowest BCUT2D eigenvalue weighted by Gasteiger charge is -2.33. The summed E-state index contributed by atoms with van der Waals surface area (Å²) in [5, 5.41) is 3.80. The van der Waals surface area contributed by atoms with Crippen molar-refractivity contribution < 1.29 is 13.9 Å². The fraction of sp³-hybridized carbons (Fsp3) is 0.391. The molecule has 1 aliphatic rings. The predicted molar refractivity (Wildman–Crippen MR) is 118 cm³/mol. The molecule has 31 heavy (non-hydrogen) atoms. The van der Waals surface area contributed by atoms with Gasteiger partial charge in [-0.25, -0.2) is 14.8 Å². The van der Waals surface area contributed by atoms with Crippen LogP contribution in [0, 0.1) is 6.92 Å². The maximum absolute atomic E-state index is 12.6. The fourth-order valence-corrected chi connectivity index (χ4v) is 4.01. The average Bonchev–Trinajstić information content (AvgIpc) is 2.77. The molecule has 0 spiro atoms. The van der Waals surface area contributed by atoms with Crippen LogP contribution < -0.4 is 20.6 Å². The fourth-order valence-electron chi connectivity index (χ4n) is 4.01. The van der Waals surface area contributed by atoms with Gasteiger partial charge < -0.3 is 19.4 Å². The van der Waals surface area contributed by atoms with Gasteiger partial charge in [-0.05, 0) is 55.5 Å². The van der Waals surface area contributed by atoms with E-state index in [9.17, 15) is 9.59 Å². The zero-order chi connectivity index (χ0) is 21.8. The van der Waals surface area contributed by atoms with E-state index in [-0.39, 0.29) is 24.2 Å². The lowest BCUT2D eigenvalue weighted by atomic mass is 10.0. The van der Waals surface area contributed by atoms with E-state index in [4.69, 9.17) is 9.15 Å². The second kappa shape index (κ2) is 9.16. The molecule has 3 aromatic rings. The highest BCUT2D eigenvalue weighted by molar-refractivity contribution is 5.88. The first-order valence-electron chi connectivity index (χ1n) is 10.5. The third-order valence-electron chi connectivity index (χ3n) is 5.40. The maximum atomic E-state index is 12.6. The SMILES string of the molecule is CCc1cc(=O)oc2cc(C)cc(OCC(=O)NC3CCCN(c4ncccn4)C3)c12. The van der Waals surface area contributed by atoms with E-state index >= 15 is 0 Å². The number of carbonyl (C=O) groups is 1. The van der Waals surface area contributed by atoms with E-state index in [1.54, 1.807) is 18.5 Å². The number of carbonyl (C=O) groups excluding carboxylic acids is 1. The van der Waals surface area contributed by atoms with Crippen molar-refractivity contribution in [3.8, 4) is 5.75 Å². The molecule has 1 amide bonds. The smallest absolute Gasteiger partial charge is 0.336 e. The summed E-state index contributed by atoms with van der Waals surface area (Å²) in [6, 6.07) is 6.95. The van der Waals surface area contributed by atoms with Gasteiger partial charge in [0.2, 0.25) is 5.95 Å². The van der Waals surface area contributed by atoms with Crippen LogP contribution >= 0.6 is 0 Å². The number of nitrogens with zero attached hydrogens (tertiary/aromatic N) is 3. The Morgan fingerprint density at radius 2 is 2.10 bits per heavy atom. The molecular formula is C23H26N4O4. The first-order chi connectivity index (χ1) is 15.0. The molecule has 2 aromatic heterocycles. The van der Waals surface area contributed by atoms with Gasteiger partial charge in [0, 0.05) is 37.6 Å². The molecule has 3 heterocycles. The van der Waals surface area contributed by atoms with Gasteiger partial charge in [-0.15, -0.1) is 0 Å². The highest BCUT2D eigenvalue weighted by Crippen LogP contribution is 2.30. The molecule has 0 radical (unpaired) electrons. The largest absolute Gasteiger partial charge is 0.483 e.